The lowest BCUT2D eigenvalue weighted by molar-refractivity contribution is -0.193. The van der Waals surface area contributed by atoms with E-state index in [0.29, 0.717) is 37.4 Å². The maximum Gasteiger partial charge on any atom is 0.490 e. The Bertz CT molecular complexity index is 2050. The summed E-state index contributed by atoms with van der Waals surface area (Å²) in [6, 6.07) is 20.9. The van der Waals surface area contributed by atoms with Crippen molar-refractivity contribution in [3.05, 3.63) is 102 Å². The third-order valence-corrected chi connectivity index (χ3v) is 7.96. The fourth-order valence-corrected chi connectivity index (χ4v) is 5.44. The minimum atomic E-state index is -5.08. The number of benzene rings is 2. The molecule has 2 amide bonds. The highest BCUT2D eigenvalue weighted by molar-refractivity contribution is 5.95. The summed E-state index contributed by atoms with van der Waals surface area (Å²) in [6.07, 6.45) is -10.3. The number of amides is 2. The molecule has 1 fully saturated rings. The number of alkyl halides is 9. The number of nitrogens with zero attached hydrogens (tertiary/aromatic N) is 3. The topological polar surface area (TPSA) is 229 Å². The third-order valence-electron chi connectivity index (χ3n) is 7.96. The molecule has 2 aromatic heterocycles. The maximum atomic E-state index is 13.3. The monoisotopic (exact) mass is 881 g/mol. The smallest absolute Gasteiger partial charge is 0.489 e. The number of fused-ring (bicyclic) bond motifs is 1. The van der Waals surface area contributed by atoms with E-state index < -0.39 is 47.9 Å². The first-order chi connectivity index (χ1) is 28.3. The number of hydrogen-bond acceptors (Lipinski definition) is 10. The van der Waals surface area contributed by atoms with Gasteiger partial charge in [0.1, 0.15) is 12.4 Å². The molecule has 15 nitrogen and oxygen atoms in total. The number of likely N-dealkylation sites (tertiary alicyclic amines) is 1. The lowest BCUT2D eigenvalue weighted by Crippen LogP contribution is -2.60. The summed E-state index contributed by atoms with van der Waals surface area (Å²) in [4.78, 5) is 63.2. The number of ether oxygens (including phenoxy) is 1. The Labute approximate surface area is 338 Å². The van der Waals surface area contributed by atoms with E-state index in [1.807, 2.05) is 55.6 Å². The van der Waals surface area contributed by atoms with Crippen LogP contribution in [-0.2, 0) is 32.3 Å². The number of carbonyl (C=O) groups is 5. The van der Waals surface area contributed by atoms with E-state index in [1.165, 1.54) is 0 Å². The zero-order chi connectivity index (χ0) is 46.2. The Hall–Kier alpha value is -6.56. The van der Waals surface area contributed by atoms with Gasteiger partial charge in [-0.15, -0.1) is 0 Å². The van der Waals surface area contributed by atoms with Crippen LogP contribution in [0, 0.1) is 6.92 Å². The molecule has 4 aromatic rings. The number of aromatic nitrogens is 2. The number of para-hydroxylation sites is 1. The van der Waals surface area contributed by atoms with E-state index in [9.17, 15) is 54.3 Å². The van der Waals surface area contributed by atoms with Gasteiger partial charge in [0, 0.05) is 47.7 Å². The first-order valence-corrected chi connectivity index (χ1v) is 17.1. The van der Waals surface area contributed by atoms with Crippen molar-refractivity contribution in [2.45, 2.75) is 63.4 Å². The van der Waals surface area contributed by atoms with Crippen LogP contribution in [0.25, 0.3) is 10.9 Å². The fraction of sp³-hybridized carbons (Fsp3) is 0.324. The number of carbonyl (C=O) groups excluding carboxylic acids is 2. The van der Waals surface area contributed by atoms with Crippen molar-refractivity contribution in [2.24, 2.45) is 0 Å². The van der Waals surface area contributed by atoms with Gasteiger partial charge in [-0.3, -0.25) is 29.7 Å². The van der Waals surface area contributed by atoms with Crippen molar-refractivity contribution in [1.29, 1.82) is 0 Å². The largest absolute Gasteiger partial charge is 0.490 e. The molecule has 6 N–H and O–H groups in total. The predicted octanol–water partition coefficient (Wildman–Crippen LogP) is 6.08. The van der Waals surface area contributed by atoms with Crippen molar-refractivity contribution in [3.8, 4) is 5.75 Å². The zero-order valence-electron chi connectivity index (χ0n) is 31.4. The quantitative estimate of drug-likeness (QED) is 0.0638. The van der Waals surface area contributed by atoms with Crippen LogP contribution in [-0.4, -0.2) is 102 Å². The predicted molar refractivity (Wildman–Crippen MR) is 192 cm³/mol. The number of hydrogen-bond donors (Lipinski definition) is 6. The summed E-state index contributed by atoms with van der Waals surface area (Å²) in [5.41, 5.74) is 5.32. The maximum absolute atomic E-state index is 13.3. The molecule has 1 aliphatic heterocycles. The molecular weight excluding hydrogens is 845 g/mol. The highest BCUT2D eigenvalue weighted by Gasteiger charge is 2.40. The standard InChI is InChI=1S/C31H33N5O4.3C2HF3O2/c1-22-16-25(27-7-2-3-8-28(27)33-22)20-40-26-11-9-24(10-12-26)30(38)34-31(17-29(37)35-39)13-5-15-36(21-31)19-23-6-4-14-32-18-23;3*3-2(4,5)1(6)7/h2-4,6-12,14,16,18,39H,5,13,15,17,19-21H2,1H3,(H,34,38)(H,35,37);3*(H,6,7). The van der Waals surface area contributed by atoms with Gasteiger partial charge in [-0.2, -0.15) is 39.5 Å². The number of pyridine rings is 2. The summed E-state index contributed by atoms with van der Waals surface area (Å²) >= 11 is 0. The van der Waals surface area contributed by atoms with Crippen molar-refractivity contribution >= 4 is 40.6 Å². The van der Waals surface area contributed by atoms with Gasteiger partial charge in [-0.05, 0) is 74.3 Å². The normalized spacial score (nSPS) is 15.3. The SMILES string of the molecule is Cc1cc(COc2ccc(C(=O)NC3(CC(=O)NO)CCCN(Cc4cccnc4)C3)cc2)c2ccccc2n1.O=C(O)C(F)(F)F.O=C(O)C(F)(F)F.O=C(O)C(F)(F)F. The van der Waals surface area contributed by atoms with Crippen LogP contribution in [0.4, 0.5) is 39.5 Å². The summed E-state index contributed by atoms with van der Waals surface area (Å²) in [6.45, 7) is 4.31. The van der Waals surface area contributed by atoms with Gasteiger partial charge in [0.25, 0.3) is 5.91 Å². The third kappa shape index (κ3) is 17.7. The summed E-state index contributed by atoms with van der Waals surface area (Å²) in [5, 5.41) is 34.8. The van der Waals surface area contributed by atoms with Crippen LogP contribution in [0.3, 0.4) is 0 Å². The molecule has 0 bridgehead atoms. The molecule has 0 radical (unpaired) electrons. The van der Waals surface area contributed by atoms with E-state index in [0.717, 1.165) is 40.7 Å². The van der Waals surface area contributed by atoms with Crippen LogP contribution < -0.4 is 15.5 Å². The lowest BCUT2D eigenvalue weighted by atomic mass is 9.84. The molecule has 1 atom stereocenters. The molecule has 332 valence electrons. The van der Waals surface area contributed by atoms with Crippen LogP contribution >= 0.6 is 0 Å². The molecule has 2 aromatic carbocycles. The Morgan fingerprint density at radius 3 is 1.89 bits per heavy atom. The Morgan fingerprint density at radius 2 is 1.38 bits per heavy atom. The fourth-order valence-electron chi connectivity index (χ4n) is 5.44. The number of halogens is 9. The highest BCUT2D eigenvalue weighted by Crippen LogP contribution is 2.27. The Kier molecular flexibility index (Phi) is 18.4. The molecule has 5 rings (SSSR count). The molecule has 24 heteroatoms. The van der Waals surface area contributed by atoms with Crippen LogP contribution in [0.15, 0.2) is 79.1 Å². The molecule has 61 heavy (non-hydrogen) atoms. The van der Waals surface area contributed by atoms with Gasteiger partial charge in [-0.1, -0.05) is 24.3 Å². The van der Waals surface area contributed by atoms with Crippen molar-refractivity contribution in [1.82, 2.24) is 25.7 Å². The van der Waals surface area contributed by atoms with Crippen molar-refractivity contribution in [2.75, 3.05) is 13.1 Å². The summed E-state index contributed by atoms with van der Waals surface area (Å²) < 4.78 is 101. The van der Waals surface area contributed by atoms with Gasteiger partial charge in [0.05, 0.1) is 17.5 Å². The number of carboxylic acid groups (broad SMARTS) is 3. The Morgan fingerprint density at radius 1 is 0.820 bits per heavy atom. The average molecular weight is 882 g/mol. The zero-order valence-corrected chi connectivity index (χ0v) is 31.4. The molecular formula is C37H36F9N5O10. The number of nitrogens with one attached hydrogen (secondary N) is 2. The number of rotatable bonds is 9. The minimum absolute atomic E-state index is 0.0285. The minimum Gasteiger partial charge on any atom is -0.489 e. The van der Waals surface area contributed by atoms with E-state index in [2.05, 4.69) is 20.2 Å². The molecule has 0 spiro atoms. The Balaban J connectivity index is 0.000000502. The average Bonchev–Trinajstić information content (AvgIpc) is 3.17. The summed E-state index contributed by atoms with van der Waals surface area (Å²) in [7, 11) is 0. The first kappa shape index (κ1) is 50.6. The van der Waals surface area contributed by atoms with Gasteiger partial charge in [0.15, 0.2) is 0 Å². The lowest BCUT2D eigenvalue weighted by Gasteiger charge is -2.43. The molecule has 0 aliphatic carbocycles. The summed E-state index contributed by atoms with van der Waals surface area (Å²) in [5.74, 6) is -8.44. The van der Waals surface area contributed by atoms with Crippen LogP contribution in [0.1, 0.15) is 46.4 Å². The highest BCUT2D eigenvalue weighted by atomic mass is 19.4. The van der Waals surface area contributed by atoms with Gasteiger partial charge in [0.2, 0.25) is 5.91 Å². The molecule has 3 heterocycles. The number of hydroxylamine groups is 1. The van der Waals surface area contributed by atoms with E-state index in [-0.39, 0.29) is 12.3 Å². The van der Waals surface area contributed by atoms with Gasteiger partial charge in [-0.25, -0.2) is 19.9 Å². The van der Waals surface area contributed by atoms with Crippen LogP contribution in [0.5, 0.6) is 5.75 Å². The van der Waals surface area contributed by atoms with Crippen molar-refractivity contribution < 1.29 is 88.8 Å². The number of carboxylic acids is 3. The molecule has 0 saturated carbocycles. The molecule has 1 aliphatic rings. The second kappa shape index (κ2) is 22.2. The van der Waals surface area contributed by atoms with E-state index in [1.54, 1.807) is 35.9 Å². The first-order valence-electron chi connectivity index (χ1n) is 17.1. The van der Waals surface area contributed by atoms with Crippen LogP contribution in [0.2, 0.25) is 0 Å². The number of piperidine rings is 1. The molecule has 1 saturated heterocycles. The van der Waals surface area contributed by atoms with Gasteiger partial charge >= 0.3 is 36.4 Å². The number of aryl methyl sites for hydroxylation is 1. The second-order valence-corrected chi connectivity index (χ2v) is 12.8. The van der Waals surface area contributed by atoms with Gasteiger partial charge < -0.3 is 25.4 Å². The number of aliphatic carboxylic acids is 3. The second-order valence-electron chi connectivity index (χ2n) is 12.8. The van der Waals surface area contributed by atoms with Crippen molar-refractivity contribution in [3.63, 3.8) is 0 Å². The van der Waals surface area contributed by atoms with E-state index >= 15 is 0 Å². The molecule has 1 unspecified atom stereocenters. The van der Waals surface area contributed by atoms with E-state index in [4.69, 9.17) is 34.4 Å².